The molecule has 0 aromatic carbocycles. The summed E-state index contributed by atoms with van der Waals surface area (Å²) < 4.78 is 0. The average molecular weight is 559 g/mol. The standard InChI is InChI=1S/C36H62O4/c1-3-5-13-20-30-27-32-26-25-29(19-15-9-7-11-17-23-35(37)38)33(22-16-10-8-12-18-24-36(39)40)34(32)28-31(30)21-14-6-4-2/h25-26,28-33H,3-24,27H2,1-2H3,(H,37,38)(H,39,40). The fourth-order valence-electron chi connectivity index (χ4n) is 7.36. The summed E-state index contributed by atoms with van der Waals surface area (Å²) in [6, 6.07) is 0. The summed E-state index contributed by atoms with van der Waals surface area (Å²) in [7, 11) is 0. The number of carbonyl (C=O) groups is 2. The Morgan fingerprint density at radius 1 is 0.625 bits per heavy atom. The molecule has 0 heterocycles. The molecule has 2 aliphatic rings. The number of carboxylic acids is 2. The Balaban J connectivity index is 2.02. The van der Waals surface area contributed by atoms with Gasteiger partial charge in [-0.2, -0.15) is 0 Å². The molecule has 0 aliphatic heterocycles. The Labute approximate surface area is 246 Å². The minimum absolute atomic E-state index is 0.304. The van der Waals surface area contributed by atoms with Gasteiger partial charge in [0.15, 0.2) is 0 Å². The second-order valence-corrected chi connectivity index (χ2v) is 13.0. The van der Waals surface area contributed by atoms with Gasteiger partial charge in [-0.05, 0) is 74.5 Å². The van der Waals surface area contributed by atoms with Crippen LogP contribution < -0.4 is 0 Å². The number of unbranched alkanes of at least 4 members (excludes halogenated alkanes) is 12. The molecule has 2 N–H and O–H groups in total. The molecule has 0 spiro atoms. The Morgan fingerprint density at radius 3 is 1.73 bits per heavy atom. The molecule has 0 aromatic rings. The van der Waals surface area contributed by atoms with E-state index in [1.807, 2.05) is 0 Å². The maximum Gasteiger partial charge on any atom is 0.303 e. The van der Waals surface area contributed by atoms with E-state index < -0.39 is 11.9 Å². The van der Waals surface area contributed by atoms with E-state index in [2.05, 4.69) is 32.1 Å². The highest BCUT2D eigenvalue weighted by atomic mass is 16.4. The molecule has 0 saturated heterocycles. The van der Waals surface area contributed by atoms with Crippen LogP contribution in [0.3, 0.4) is 0 Å². The molecular weight excluding hydrogens is 496 g/mol. The lowest BCUT2D eigenvalue weighted by molar-refractivity contribution is -0.138. The van der Waals surface area contributed by atoms with Crippen molar-refractivity contribution in [2.24, 2.45) is 29.6 Å². The van der Waals surface area contributed by atoms with Crippen molar-refractivity contribution in [1.82, 2.24) is 0 Å². The summed E-state index contributed by atoms with van der Waals surface area (Å²) in [5.74, 6) is 2.21. The number of aliphatic carboxylic acids is 2. The number of hydrogen-bond donors (Lipinski definition) is 2. The minimum Gasteiger partial charge on any atom is -0.481 e. The third kappa shape index (κ3) is 13.9. The van der Waals surface area contributed by atoms with Crippen molar-refractivity contribution in [3.8, 4) is 0 Å². The Morgan fingerprint density at radius 2 is 1.12 bits per heavy atom. The molecule has 0 saturated carbocycles. The Hall–Kier alpha value is -1.58. The smallest absolute Gasteiger partial charge is 0.303 e. The number of hydrogen-bond acceptors (Lipinski definition) is 2. The summed E-state index contributed by atoms with van der Waals surface area (Å²) in [5.41, 5.74) is 1.77. The van der Waals surface area contributed by atoms with E-state index in [4.69, 9.17) is 10.2 Å². The zero-order chi connectivity index (χ0) is 29.0. The molecule has 2 rings (SSSR count). The highest BCUT2D eigenvalue weighted by molar-refractivity contribution is 5.66. The van der Waals surface area contributed by atoms with E-state index in [-0.39, 0.29) is 0 Å². The van der Waals surface area contributed by atoms with E-state index in [1.165, 1.54) is 96.3 Å². The van der Waals surface area contributed by atoms with Crippen LogP contribution in [0.25, 0.3) is 0 Å². The van der Waals surface area contributed by atoms with Crippen LogP contribution in [0.4, 0.5) is 0 Å². The Bertz CT molecular complexity index is 754. The molecule has 4 nitrogen and oxygen atoms in total. The SMILES string of the molecule is CCCCCC1C=C2C(C=CC(CCCCCCCC(=O)O)C2CCCCCCCC(=O)O)CC1CCCCC. The van der Waals surface area contributed by atoms with Gasteiger partial charge in [0.25, 0.3) is 0 Å². The highest BCUT2D eigenvalue weighted by Crippen LogP contribution is 2.48. The lowest BCUT2D eigenvalue weighted by Gasteiger charge is -2.42. The molecule has 0 fully saturated rings. The maximum absolute atomic E-state index is 10.8. The van der Waals surface area contributed by atoms with E-state index >= 15 is 0 Å². The van der Waals surface area contributed by atoms with Gasteiger partial charge in [-0.25, -0.2) is 0 Å². The van der Waals surface area contributed by atoms with Crippen LogP contribution >= 0.6 is 0 Å². The lowest BCUT2D eigenvalue weighted by Crippen LogP contribution is -2.31. The fourth-order valence-corrected chi connectivity index (χ4v) is 7.36. The van der Waals surface area contributed by atoms with Crippen molar-refractivity contribution >= 4 is 11.9 Å². The van der Waals surface area contributed by atoms with Crippen LogP contribution in [-0.2, 0) is 9.59 Å². The second kappa shape index (κ2) is 21.2. The number of rotatable bonds is 24. The summed E-state index contributed by atoms with van der Waals surface area (Å²) in [6.07, 6.45) is 34.2. The zero-order valence-corrected chi connectivity index (χ0v) is 26.1. The zero-order valence-electron chi connectivity index (χ0n) is 26.1. The molecule has 0 bridgehead atoms. The van der Waals surface area contributed by atoms with E-state index in [0.29, 0.717) is 30.6 Å². The predicted octanol–water partition coefficient (Wildman–Crippen LogP) is 10.8. The molecule has 40 heavy (non-hydrogen) atoms. The first-order valence-corrected chi connectivity index (χ1v) is 17.3. The number of fused-ring (bicyclic) bond motifs is 1. The van der Waals surface area contributed by atoms with E-state index in [0.717, 1.165) is 50.4 Å². The van der Waals surface area contributed by atoms with Crippen molar-refractivity contribution in [2.45, 2.75) is 162 Å². The van der Waals surface area contributed by atoms with E-state index in [9.17, 15) is 9.59 Å². The molecule has 0 amide bonds. The summed E-state index contributed by atoms with van der Waals surface area (Å²) in [6.45, 7) is 4.63. The number of allylic oxidation sites excluding steroid dienone is 4. The van der Waals surface area contributed by atoms with Crippen LogP contribution in [0.5, 0.6) is 0 Å². The monoisotopic (exact) mass is 558 g/mol. The maximum atomic E-state index is 10.8. The summed E-state index contributed by atoms with van der Waals surface area (Å²) in [5, 5.41) is 17.8. The van der Waals surface area contributed by atoms with Gasteiger partial charge < -0.3 is 10.2 Å². The topological polar surface area (TPSA) is 74.6 Å². The van der Waals surface area contributed by atoms with Gasteiger partial charge in [-0.3, -0.25) is 9.59 Å². The van der Waals surface area contributed by atoms with Crippen LogP contribution in [0.15, 0.2) is 23.8 Å². The highest BCUT2D eigenvalue weighted by Gasteiger charge is 2.37. The van der Waals surface area contributed by atoms with Gasteiger partial charge in [0.2, 0.25) is 0 Å². The first kappa shape index (κ1) is 34.6. The summed E-state index contributed by atoms with van der Waals surface area (Å²) >= 11 is 0. The van der Waals surface area contributed by atoms with Crippen molar-refractivity contribution in [2.75, 3.05) is 0 Å². The predicted molar refractivity (Wildman–Crippen MR) is 167 cm³/mol. The molecule has 4 heteroatoms. The van der Waals surface area contributed by atoms with Crippen LogP contribution in [-0.4, -0.2) is 22.2 Å². The molecular formula is C36H62O4. The largest absolute Gasteiger partial charge is 0.481 e. The van der Waals surface area contributed by atoms with E-state index in [1.54, 1.807) is 5.57 Å². The molecule has 2 aliphatic carbocycles. The van der Waals surface area contributed by atoms with Crippen molar-refractivity contribution in [3.05, 3.63) is 23.8 Å². The van der Waals surface area contributed by atoms with Crippen molar-refractivity contribution < 1.29 is 19.8 Å². The van der Waals surface area contributed by atoms with Crippen LogP contribution in [0, 0.1) is 29.6 Å². The van der Waals surface area contributed by atoms with Gasteiger partial charge >= 0.3 is 11.9 Å². The molecule has 0 radical (unpaired) electrons. The first-order valence-electron chi connectivity index (χ1n) is 17.3. The Kier molecular flexibility index (Phi) is 18.3. The average Bonchev–Trinajstić information content (AvgIpc) is 2.92. The van der Waals surface area contributed by atoms with Gasteiger partial charge in [0.05, 0.1) is 0 Å². The van der Waals surface area contributed by atoms with Crippen LogP contribution in [0.1, 0.15) is 162 Å². The quantitative estimate of drug-likeness (QED) is 0.0912. The van der Waals surface area contributed by atoms with Gasteiger partial charge in [-0.1, -0.05) is 128 Å². The lowest BCUT2D eigenvalue weighted by atomic mass is 9.62. The first-order chi connectivity index (χ1) is 19.5. The van der Waals surface area contributed by atoms with Gasteiger partial charge in [-0.15, -0.1) is 0 Å². The van der Waals surface area contributed by atoms with Gasteiger partial charge in [0.1, 0.15) is 0 Å². The van der Waals surface area contributed by atoms with Crippen molar-refractivity contribution in [1.29, 1.82) is 0 Å². The normalized spacial score (nSPS) is 24.1. The second-order valence-electron chi connectivity index (χ2n) is 13.0. The third-order valence-electron chi connectivity index (χ3n) is 9.69. The minimum atomic E-state index is -0.673. The fraction of sp³-hybridized carbons (Fsp3) is 0.833. The molecule has 5 unspecified atom stereocenters. The third-order valence-corrected chi connectivity index (χ3v) is 9.69. The van der Waals surface area contributed by atoms with Gasteiger partial charge in [0, 0.05) is 12.8 Å². The number of carboxylic acid groups (broad SMARTS) is 2. The van der Waals surface area contributed by atoms with Crippen LogP contribution in [0.2, 0.25) is 0 Å². The molecule has 5 atom stereocenters. The summed E-state index contributed by atoms with van der Waals surface area (Å²) in [4.78, 5) is 21.6. The van der Waals surface area contributed by atoms with Crippen molar-refractivity contribution in [3.63, 3.8) is 0 Å². The molecule has 0 aromatic heterocycles. The molecule has 230 valence electrons.